The average molecular weight is 442 g/mol. The largest absolute Gasteiger partial charge is 0.494 e. The molecule has 0 radical (unpaired) electrons. The Morgan fingerprint density at radius 3 is 2.59 bits per heavy atom. The second-order valence-corrected chi connectivity index (χ2v) is 9.12. The molecule has 1 saturated heterocycles. The Bertz CT molecular complexity index is 872. The average Bonchev–Trinajstić information content (AvgIpc) is 3.24. The predicted molar refractivity (Wildman–Crippen MR) is 128 cm³/mol. The lowest BCUT2D eigenvalue weighted by Crippen LogP contribution is -2.43. The molecule has 174 valence electrons. The van der Waals surface area contributed by atoms with Gasteiger partial charge in [0.1, 0.15) is 11.6 Å². The Labute approximate surface area is 191 Å². The molecule has 0 aromatic heterocycles. The Balaban J connectivity index is 1.36. The zero-order valence-corrected chi connectivity index (χ0v) is 19.3. The topological polar surface area (TPSA) is 48.0 Å². The van der Waals surface area contributed by atoms with E-state index in [9.17, 15) is 5.11 Å². The highest BCUT2D eigenvalue weighted by atomic mass is 19.1. The summed E-state index contributed by atoms with van der Waals surface area (Å²) in [6.07, 6.45) is 6.14. The third kappa shape index (κ3) is 5.36. The lowest BCUT2D eigenvalue weighted by molar-refractivity contribution is 0.178. The smallest absolute Gasteiger partial charge is 0.153 e. The number of aliphatic hydroxyl groups excluding tert-OH is 1. The van der Waals surface area contributed by atoms with E-state index in [0.717, 1.165) is 43.7 Å². The maximum Gasteiger partial charge on any atom is 0.153 e. The highest BCUT2D eigenvalue weighted by molar-refractivity contribution is 5.58. The van der Waals surface area contributed by atoms with E-state index in [1.165, 1.54) is 25.3 Å². The number of nitrogens with one attached hydrogen (secondary N) is 1. The van der Waals surface area contributed by atoms with E-state index >= 15 is 4.39 Å². The Kier molecular flexibility index (Phi) is 7.53. The third-order valence-corrected chi connectivity index (χ3v) is 6.76. The summed E-state index contributed by atoms with van der Waals surface area (Å²) >= 11 is 0. The summed E-state index contributed by atoms with van der Waals surface area (Å²) in [5.41, 5.74) is 2.03. The van der Waals surface area contributed by atoms with Gasteiger partial charge in [0, 0.05) is 43.5 Å². The van der Waals surface area contributed by atoms with Gasteiger partial charge in [-0.3, -0.25) is 0 Å². The summed E-state index contributed by atoms with van der Waals surface area (Å²) in [5.74, 6) is 0.550. The quantitative estimate of drug-likeness (QED) is 0.408. The van der Waals surface area contributed by atoms with Crippen molar-refractivity contribution in [2.45, 2.75) is 63.8 Å². The fraction of sp³-hybridized carbons (Fsp3) is 0.538. The Hall–Kier alpha value is -2.31. The summed E-state index contributed by atoms with van der Waals surface area (Å²) < 4.78 is 20.7. The van der Waals surface area contributed by atoms with Crippen LogP contribution in [0.5, 0.6) is 5.75 Å². The summed E-state index contributed by atoms with van der Waals surface area (Å²) in [7, 11) is 1.78. The van der Waals surface area contributed by atoms with Gasteiger partial charge in [-0.15, -0.1) is 0 Å². The summed E-state index contributed by atoms with van der Waals surface area (Å²) in [5, 5.41) is 14.5. The Morgan fingerprint density at radius 2 is 1.94 bits per heavy atom. The van der Waals surface area contributed by atoms with Crippen molar-refractivity contribution in [2.75, 3.05) is 36.5 Å². The first-order valence-corrected chi connectivity index (χ1v) is 12.0. The van der Waals surface area contributed by atoms with Gasteiger partial charge in [-0.2, -0.15) is 0 Å². The van der Waals surface area contributed by atoms with Crippen LogP contribution in [0, 0.1) is 5.82 Å². The van der Waals surface area contributed by atoms with Crippen LogP contribution >= 0.6 is 0 Å². The fourth-order valence-corrected chi connectivity index (χ4v) is 4.43. The number of aliphatic hydroxyl groups is 1. The third-order valence-electron chi connectivity index (χ3n) is 6.76. The number of rotatable bonds is 10. The van der Waals surface area contributed by atoms with Crippen LogP contribution in [0.2, 0.25) is 0 Å². The lowest BCUT2D eigenvalue weighted by atomic mass is 9.92. The van der Waals surface area contributed by atoms with Crippen LogP contribution in [-0.4, -0.2) is 43.9 Å². The number of halogens is 1. The molecule has 0 bridgehead atoms. The molecule has 6 heteroatoms. The highest BCUT2D eigenvalue weighted by Gasteiger charge is 2.28. The van der Waals surface area contributed by atoms with E-state index in [4.69, 9.17) is 4.74 Å². The van der Waals surface area contributed by atoms with Gasteiger partial charge in [-0.1, -0.05) is 31.9 Å². The summed E-state index contributed by atoms with van der Waals surface area (Å²) in [6.45, 7) is 4.53. The van der Waals surface area contributed by atoms with Crippen molar-refractivity contribution in [3.05, 3.63) is 53.8 Å². The zero-order valence-electron chi connectivity index (χ0n) is 19.3. The molecule has 32 heavy (non-hydrogen) atoms. The molecule has 1 aliphatic heterocycles. The van der Waals surface area contributed by atoms with Gasteiger partial charge in [-0.05, 0) is 56.0 Å². The molecule has 2 N–H and O–H groups in total. The predicted octanol–water partition coefficient (Wildman–Crippen LogP) is 4.85. The van der Waals surface area contributed by atoms with Crippen LogP contribution in [0.15, 0.2) is 42.5 Å². The molecule has 1 saturated carbocycles. The van der Waals surface area contributed by atoms with Crippen LogP contribution in [0.25, 0.3) is 0 Å². The first-order chi connectivity index (χ1) is 15.5. The van der Waals surface area contributed by atoms with Gasteiger partial charge in [0.15, 0.2) is 6.23 Å². The van der Waals surface area contributed by atoms with Crippen molar-refractivity contribution in [3.8, 4) is 5.75 Å². The van der Waals surface area contributed by atoms with E-state index < -0.39 is 6.23 Å². The van der Waals surface area contributed by atoms with Crippen molar-refractivity contribution >= 4 is 11.4 Å². The molecule has 0 spiro atoms. The molecule has 5 nitrogen and oxygen atoms in total. The number of hydrogen-bond acceptors (Lipinski definition) is 5. The minimum atomic E-state index is -0.868. The van der Waals surface area contributed by atoms with Crippen LogP contribution < -0.4 is 19.9 Å². The molecule has 2 fully saturated rings. The van der Waals surface area contributed by atoms with E-state index in [2.05, 4.69) is 17.1 Å². The van der Waals surface area contributed by atoms with Gasteiger partial charge in [0.2, 0.25) is 0 Å². The number of nitrogens with zero attached hydrogens (tertiary/aromatic N) is 2. The first kappa shape index (κ1) is 22.9. The number of anilines is 2. The van der Waals surface area contributed by atoms with Crippen molar-refractivity contribution < 1.29 is 14.2 Å². The van der Waals surface area contributed by atoms with E-state index in [1.54, 1.807) is 11.9 Å². The lowest BCUT2D eigenvalue weighted by Gasteiger charge is -2.30. The van der Waals surface area contributed by atoms with Gasteiger partial charge < -0.3 is 25.0 Å². The van der Waals surface area contributed by atoms with Gasteiger partial charge >= 0.3 is 0 Å². The van der Waals surface area contributed by atoms with Crippen molar-refractivity contribution in [1.82, 2.24) is 5.32 Å². The zero-order chi connectivity index (χ0) is 22.5. The molecule has 0 amide bonds. The molecule has 2 aromatic rings. The van der Waals surface area contributed by atoms with Crippen molar-refractivity contribution in [2.24, 2.45) is 0 Å². The fourth-order valence-electron chi connectivity index (χ4n) is 4.43. The molecule has 4 rings (SSSR count). The summed E-state index contributed by atoms with van der Waals surface area (Å²) in [4.78, 5) is 3.81. The van der Waals surface area contributed by atoms with Gasteiger partial charge in [0.25, 0.3) is 0 Å². The number of hydrogen-bond donors (Lipinski definition) is 2. The molecule has 2 unspecified atom stereocenters. The molecule has 1 aliphatic carbocycles. The van der Waals surface area contributed by atoms with Gasteiger partial charge in [-0.25, -0.2) is 4.39 Å². The van der Waals surface area contributed by atoms with E-state index in [-0.39, 0.29) is 5.82 Å². The van der Waals surface area contributed by atoms with E-state index in [1.807, 2.05) is 36.4 Å². The van der Waals surface area contributed by atoms with Crippen molar-refractivity contribution in [3.63, 3.8) is 0 Å². The Morgan fingerprint density at radius 1 is 1.16 bits per heavy atom. The highest BCUT2D eigenvalue weighted by Crippen LogP contribution is 2.31. The maximum atomic E-state index is 15.0. The van der Waals surface area contributed by atoms with Crippen LogP contribution in [-0.2, 0) is 0 Å². The molecular formula is C26H36FN3O2. The monoisotopic (exact) mass is 441 g/mol. The van der Waals surface area contributed by atoms with Crippen LogP contribution in [0.1, 0.15) is 57.2 Å². The standard InChI is InChI=1S/C26H36FN3O2/c1-3-4-16-32-23-11-8-19(9-12-23)26(31)29(2)22-10-13-25(24(27)17-22)30-15-14-21(18-30)28-20-6-5-7-20/h8-13,17,20-21,26,28,31H,3-7,14-16,18H2,1-2H3. The molecule has 2 aliphatic rings. The maximum absolute atomic E-state index is 15.0. The van der Waals surface area contributed by atoms with E-state index in [0.29, 0.717) is 30.1 Å². The number of unbranched alkanes of at least 4 members (excludes halogenated alkanes) is 1. The first-order valence-electron chi connectivity index (χ1n) is 12.0. The summed E-state index contributed by atoms with van der Waals surface area (Å²) in [6, 6.07) is 13.8. The number of ether oxygens (including phenoxy) is 1. The molecule has 1 heterocycles. The van der Waals surface area contributed by atoms with Crippen LogP contribution in [0.3, 0.4) is 0 Å². The van der Waals surface area contributed by atoms with Crippen molar-refractivity contribution in [1.29, 1.82) is 0 Å². The minimum Gasteiger partial charge on any atom is -0.494 e. The van der Waals surface area contributed by atoms with Gasteiger partial charge in [0.05, 0.1) is 12.3 Å². The second-order valence-electron chi connectivity index (χ2n) is 9.12. The van der Waals surface area contributed by atoms with Crippen LogP contribution in [0.4, 0.5) is 15.8 Å². The second kappa shape index (κ2) is 10.5. The molecular weight excluding hydrogens is 405 g/mol. The SMILES string of the molecule is CCCCOc1ccc(C(O)N(C)c2ccc(N3CCC(NC4CCC4)C3)c(F)c2)cc1. The minimum absolute atomic E-state index is 0.245. The molecule has 2 atom stereocenters. The molecule has 2 aromatic carbocycles. The number of benzene rings is 2. The normalized spacial score (nSPS) is 19.6.